The van der Waals surface area contributed by atoms with Crippen LogP contribution in [0.25, 0.3) is 0 Å². The lowest BCUT2D eigenvalue weighted by Crippen LogP contribution is -2.38. The van der Waals surface area contributed by atoms with Crippen LogP contribution in [0.5, 0.6) is 0 Å². The van der Waals surface area contributed by atoms with Crippen LogP contribution in [0.4, 0.5) is 0 Å². The van der Waals surface area contributed by atoms with Gasteiger partial charge in [0.15, 0.2) is 0 Å². The van der Waals surface area contributed by atoms with Gasteiger partial charge in [-0.2, -0.15) is 0 Å². The Hall–Kier alpha value is -1.67. The Kier molecular flexibility index (Phi) is 4.44. The minimum absolute atomic E-state index is 0.104. The zero-order valence-electron chi connectivity index (χ0n) is 14.2. The molecule has 0 bridgehead atoms. The summed E-state index contributed by atoms with van der Waals surface area (Å²) in [5.41, 5.74) is 1.85. The van der Waals surface area contributed by atoms with E-state index < -0.39 is 0 Å². The maximum Gasteiger partial charge on any atom is 0.143 e. The van der Waals surface area contributed by atoms with Crippen molar-refractivity contribution in [2.24, 2.45) is 5.41 Å². The minimum atomic E-state index is -0.194. The summed E-state index contributed by atoms with van der Waals surface area (Å²) in [5, 5.41) is 0. The van der Waals surface area contributed by atoms with E-state index in [1.165, 1.54) is 0 Å². The van der Waals surface area contributed by atoms with Crippen LogP contribution in [-0.2, 0) is 9.53 Å². The number of hydrogen-bond donors (Lipinski definition) is 0. The Labute approximate surface area is 133 Å². The molecule has 22 heavy (non-hydrogen) atoms. The summed E-state index contributed by atoms with van der Waals surface area (Å²) in [7, 11) is 0. The second-order valence-corrected chi connectivity index (χ2v) is 7.09. The van der Waals surface area contributed by atoms with E-state index in [-0.39, 0.29) is 16.6 Å². The van der Waals surface area contributed by atoms with Crippen LogP contribution in [0.3, 0.4) is 0 Å². The Morgan fingerprint density at radius 2 is 1.77 bits per heavy atom. The number of hydrogen-bond acceptors (Lipinski definition) is 2. The van der Waals surface area contributed by atoms with Crippen LogP contribution < -0.4 is 0 Å². The Bertz CT molecular complexity index is 601. The molecule has 2 unspecified atom stereocenters. The van der Waals surface area contributed by atoms with Gasteiger partial charge in [0.25, 0.3) is 0 Å². The lowest BCUT2D eigenvalue weighted by molar-refractivity contribution is -0.104. The second-order valence-electron chi connectivity index (χ2n) is 7.09. The molecule has 118 valence electrons. The molecule has 2 aliphatic rings. The van der Waals surface area contributed by atoms with E-state index in [9.17, 15) is 4.79 Å². The highest BCUT2D eigenvalue weighted by molar-refractivity contribution is 5.66. The molecule has 0 spiro atoms. The van der Waals surface area contributed by atoms with Crippen molar-refractivity contribution in [3.05, 3.63) is 59.8 Å². The first-order valence-electron chi connectivity index (χ1n) is 7.80. The van der Waals surface area contributed by atoms with Gasteiger partial charge in [0, 0.05) is 5.41 Å². The van der Waals surface area contributed by atoms with Gasteiger partial charge in [-0.05, 0) is 44.9 Å². The van der Waals surface area contributed by atoms with Crippen molar-refractivity contribution in [3.63, 3.8) is 0 Å². The predicted octanol–water partition coefficient (Wildman–Crippen LogP) is 4.70. The summed E-state index contributed by atoms with van der Waals surface area (Å²) in [6.07, 6.45) is 18.1. The minimum Gasteiger partial charge on any atom is -0.353 e. The van der Waals surface area contributed by atoms with Gasteiger partial charge in [-0.3, -0.25) is 4.79 Å². The topological polar surface area (TPSA) is 29.6 Å². The third kappa shape index (κ3) is 2.93. The Morgan fingerprint density at radius 3 is 2.41 bits per heavy atom. The zero-order chi connectivity index (χ0) is 16.4. The van der Waals surface area contributed by atoms with Crippen LogP contribution in [0.2, 0.25) is 0 Å². The summed E-state index contributed by atoms with van der Waals surface area (Å²) in [6.45, 7) is 10.7. The van der Waals surface area contributed by atoms with Crippen molar-refractivity contribution in [2.75, 3.05) is 0 Å². The summed E-state index contributed by atoms with van der Waals surface area (Å²) in [4.78, 5) is 10.4. The van der Waals surface area contributed by atoms with Crippen molar-refractivity contribution in [1.29, 1.82) is 0 Å². The first kappa shape index (κ1) is 16.7. The third-order valence-corrected chi connectivity index (χ3v) is 4.77. The van der Waals surface area contributed by atoms with Crippen LogP contribution in [0, 0.1) is 5.41 Å². The van der Waals surface area contributed by atoms with E-state index in [2.05, 4.69) is 52.0 Å². The first-order valence-corrected chi connectivity index (χ1v) is 7.80. The average Bonchev–Trinajstić information content (AvgIpc) is 3.05. The van der Waals surface area contributed by atoms with Crippen molar-refractivity contribution >= 4 is 6.29 Å². The van der Waals surface area contributed by atoms with E-state index in [1.54, 1.807) is 6.08 Å². The Morgan fingerprint density at radius 1 is 1.09 bits per heavy atom. The number of aldehydes is 1. The molecule has 2 rings (SSSR count). The van der Waals surface area contributed by atoms with Gasteiger partial charge in [-0.25, -0.2) is 0 Å². The number of ether oxygens (including phenoxy) is 1. The lowest BCUT2D eigenvalue weighted by atomic mass is 9.67. The molecule has 1 fully saturated rings. The maximum absolute atomic E-state index is 10.4. The maximum atomic E-state index is 10.4. The highest BCUT2D eigenvalue weighted by Crippen LogP contribution is 2.63. The number of rotatable bonds is 5. The fraction of sp³-hybridized carbons (Fsp3) is 0.450. The highest BCUT2D eigenvalue weighted by Gasteiger charge is 2.71. The molecule has 0 aromatic carbocycles. The number of allylic oxidation sites excluding steroid dienone is 8. The fourth-order valence-electron chi connectivity index (χ4n) is 3.25. The zero-order valence-corrected chi connectivity index (χ0v) is 14.2. The van der Waals surface area contributed by atoms with Crippen molar-refractivity contribution < 1.29 is 9.53 Å². The molecule has 1 heterocycles. The van der Waals surface area contributed by atoms with Gasteiger partial charge < -0.3 is 4.74 Å². The molecule has 2 atom stereocenters. The number of fused-ring (bicyclic) bond motifs is 1. The molecule has 1 aliphatic heterocycles. The van der Waals surface area contributed by atoms with E-state index in [1.807, 2.05) is 25.2 Å². The van der Waals surface area contributed by atoms with E-state index in [4.69, 9.17) is 4.74 Å². The monoisotopic (exact) mass is 298 g/mol. The van der Waals surface area contributed by atoms with Crippen molar-refractivity contribution in [2.45, 2.75) is 52.2 Å². The average molecular weight is 298 g/mol. The van der Waals surface area contributed by atoms with E-state index >= 15 is 0 Å². The molecule has 0 aromatic rings. The fourth-order valence-corrected chi connectivity index (χ4v) is 3.25. The number of carbonyl (C=O) groups excluding carboxylic acids is 1. The van der Waals surface area contributed by atoms with Gasteiger partial charge in [0.1, 0.15) is 17.5 Å². The quantitative estimate of drug-likeness (QED) is 0.242. The van der Waals surface area contributed by atoms with Crippen molar-refractivity contribution in [3.8, 4) is 0 Å². The molecule has 2 nitrogen and oxygen atoms in total. The van der Waals surface area contributed by atoms with Crippen LogP contribution in [0.1, 0.15) is 41.0 Å². The molecule has 0 aromatic heterocycles. The molecular formula is C20H26O2. The van der Waals surface area contributed by atoms with E-state index in [0.29, 0.717) is 0 Å². The van der Waals surface area contributed by atoms with Gasteiger partial charge >= 0.3 is 0 Å². The molecule has 0 amide bonds. The SMILES string of the molecule is CC(C=CC=C(C)C=CC12OC1(C)C=CCC2(C)C)=CC=O. The molecule has 1 saturated heterocycles. The standard InChI is InChI=1S/C20H26O2/c1-16(8-6-9-17(2)11-15-21)10-14-20-18(3,4)12-7-13-19(20,5)22-20/h6-11,13-15H,12H2,1-5H3. The van der Waals surface area contributed by atoms with Crippen LogP contribution in [0.15, 0.2) is 59.8 Å². The lowest BCUT2D eigenvalue weighted by Gasteiger charge is -2.33. The van der Waals surface area contributed by atoms with Gasteiger partial charge in [-0.1, -0.05) is 55.9 Å². The molecule has 0 N–H and O–H groups in total. The van der Waals surface area contributed by atoms with Gasteiger partial charge in [0.2, 0.25) is 0 Å². The summed E-state index contributed by atoms with van der Waals surface area (Å²) >= 11 is 0. The third-order valence-electron chi connectivity index (χ3n) is 4.77. The summed E-state index contributed by atoms with van der Waals surface area (Å²) < 4.78 is 6.13. The van der Waals surface area contributed by atoms with Crippen molar-refractivity contribution in [1.82, 2.24) is 0 Å². The molecule has 1 aliphatic carbocycles. The molecule has 2 heteroatoms. The smallest absolute Gasteiger partial charge is 0.143 e. The second kappa shape index (κ2) is 5.85. The molecular weight excluding hydrogens is 272 g/mol. The molecule has 0 saturated carbocycles. The number of carbonyl (C=O) groups is 1. The van der Waals surface area contributed by atoms with E-state index in [0.717, 1.165) is 23.9 Å². The van der Waals surface area contributed by atoms with Crippen LogP contribution in [-0.4, -0.2) is 17.5 Å². The predicted molar refractivity (Wildman–Crippen MR) is 91.6 cm³/mol. The highest BCUT2D eigenvalue weighted by atomic mass is 16.6. The Balaban J connectivity index is 2.11. The normalized spacial score (nSPS) is 34.2. The number of epoxide rings is 1. The summed E-state index contributed by atoms with van der Waals surface area (Å²) in [5.74, 6) is 0. The van der Waals surface area contributed by atoms with Crippen LogP contribution >= 0.6 is 0 Å². The largest absolute Gasteiger partial charge is 0.353 e. The summed E-state index contributed by atoms with van der Waals surface area (Å²) in [6, 6.07) is 0. The van der Waals surface area contributed by atoms with Gasteiger partial charge in [-0.15, -0.1) is 0 Å². The first-order chi connectivity index (χ1) is 10.3. The molecule has 0 radical (unpaired) electrons. The van der Waals surface area contributed by atoms with Gasteiger partial charge in [0.05, 0.1) is 0 Å².